The van der Waals surface area contributed by atoms with Gasteiger partial charge in [-0.25, -0.2) is 0 Å². The molecule has 1 amide bonds. The van der Waals surface area contributed by atoms with Crippen molar-refractivity contribution in [2.24, 2.45) is 5.73 Å². The van der Waals surface area contributed by atoms with Gasteiger partial charge in [-0.3, -0.25) is 19.7 Å². The van der Waals surface area contributed by atoms with E-state index in [2.05, 4.69) is 0 Å². The van der Waals surface area contributed by atoms with Gasteiger partial charge < -0.3 is 10.5 Å². The average Bonchev–Trinajstić information content (AvgIpc) is 2.47. The van der Waals surface area contributed by atoms with Gasteiger partial charge in [0.1, 0.15) is 5.75 Å². The second-order valence-corrected chi connectivity index (χ2v) is 4.46. The predicted molar refractivity (Wildman–Crippen MR) is 78.1 cm³/mol. The van der Waals surface area contributed by atoms with Gasteiger partial charge in [0.25, 0.3) is 5.91 Å². The highest BCUT2D eigenvalue weighted by molar-refractivity contribution is 5.96. The van der Waals surface area contributed by atoms with Crippen LogP contribution < -0.4 is 10.5 Å². The minimum atomic E-state index is -0.710. The number of nitrogens with zero attached hydrogens (tertiary/aromatic N) is 1. The number of rotatable bonds is 5. The number of nitro benzene ring substituents is 1. The second kappa shape index (κ2) is 6.04. The van der Waals surface area contributed by atoms with E-state index in [1.165, 1.54) is 31.2 Å². The highest BCUT2D eigenvalue weighted by Gasteiger charge is 2.19. The van der Waals surface area contributed by atoms with Gasteiger partial charge in [-0.1, -0.05) is 12.1 Å². The van der Waals surface area contributed by atoms with Crippen molar-refractivity contribution in [1.29, 1.82) is 0 Å². The lowest BCUT2D eigenvalue weighted by atomic mass is 10.1. The summed E-state index contributed by atoms with van der Waals surface area (Å²) in [5.41, 5.74) is 5.16. The van der Waals surface area contributed by atoms with Gasteiger partial charge in [-0.2, -0.15) is 0 Å². The number of nitrogens with two attached hydrogens (primary N) is 1. The standard InChI is InChI=1S/C15H12N2O5/c1-9(18)10-6-7-14(12(8-10)17(20)21)22-13-5-3-2-4-11(13)15(16)19/h2-8H,1H3,(H2,16,19). The van der Waals surface area contributed by atoms with E-state index < -0.39 is 10.8 Å². The number of Topliss-reactive ketones (excluding diaryl/α,β-unsaturated/α-hetero) is 1. The maximum absolute atomic E-state index is 11.3. The van der Waals surface area contributed by atoms with E-state index in [4.69, 9.17) is 10.5 Å². The van der Waals surface area contributed by atoms with Crippen LogP contribution in [0.25, 0.3) is 0 Å². The Morgan fingerprint density at radius 3 is 2.41 bits per heavy atom. The first-order chi connectivity index (χ1) is 10.4. The molecule has 2 aromatic carbocycles. The summed E-state index contributed by atoms with van der Waals surface area (Å²) in [6, 6.07) is 9.99. The fourth-order valence-corrected chi connectivity index (χ4v) is 1.84. The SMILES string of the molecule is CC(=O)c1ccc(Oc2ccccc2C(N)=O)c([N+](=O)[O-])c1. The number of benzene rings is 2. The summed E-state index contributed by atoms with van der Waals surface area (Å²) in [7, 11) is 0. The summed E-state index contributed by atoms with van der Waals surface area (Å²) in [5.74, 6) is -0.983. The van der Waals surface area contributed by atoms with Crippen LogP contribution in [0.15, 0.2) is 42.5 Å². The number of carbonyl (C=O) groups is 2. The number of hydrogen-bond donors (Lipinski definition) is 1. The summed E-state index contributed by atoms with van der Waals surface area (Å²) in [6.45, 7) is 1.31. The molecule has 2 rings (SSSR count). The van der Waals surface area contributed by atoms with Crippen LogP contribution in [0.4, 0.5) is 5.69 Å². The topological polar surface area (TPSA) is 113 Å². The molecule has 7 heteroatoms. The first-order valence-electron chi connectivity index (χ1n) is 6.26. The molecule has 0 aliphatic carbocycles. The predicted octanol–water partition coefficient (Wildman–Crippen LogP) is 2.69. The van der Waals surface area contributed by atoms with Gasteiger partial charge in [0.2, 0.25) is 5.75 Å². The minimum absolute atomic E-state index is 0.0799. The van der Waals surface area contributed by atoms with Crippen LogP contribution in [0.1, 0.15) is 27.6 Å². The Kier molecular flexibility index (Phi) is 4.17. The number of amides is 1. The van der Waals surface area contributed by atoms with Crippen molar-refractivity contribution in [3.63, 3.8) is 0 Å². The number of para-hydroxylation sites is 1. The van der Waals surface area contributed by atoms with Gasteiger partial charge >= 0.3 is 5.69 Å². The molecule has 0 aliphatic heterocycles. The van der Waals surface area contributed by atoms with Crippen molar-refractivity contribution >= 4 is 17.4 Å². The quantitative estimate of drug-likeness (QED) is 0.518. The second-order valence-electron chi connectivity index (χ2n) is 4.46. The first-order valence-corrected chi connectivity index (χ1v) is 6.26. The van der Waals surface area contributed by atoms with Crippen LogP contribution in [-0.4, -0.2) is 16.6 Å². The summed E-state index contributed by atoms with van der Waals surface area (Å²) < 4.78 is 5.44. The van der Waals surface area contributed by atoms with Crippen molar-refractivity contribution in [3.05, 3.63) is 63.7 Å². The van der Waals surface area contributed by atoms with E-state index in [1.54, 1.807) is 12.1 Å². The van der Waals surface area contributed by atoms with E-state index in [1.807, 2.05) is 0 Å². The lowest BCUT2D eigenvalue weighted by Crippen LogP contribution is -2.12. The molecule has 7 nitrogen and oxygen atoms in total. The molecule has 2 N–H and O–H groups in total. The molecule has 0 saturated carbocycles. The van der Waals surface area contributed by atoms with Crippen LogP contribution in [0.3, 0.4) is 0 Å². The Hall–Kier alpha value is -3.22. The molecule has 0 aliphatic rings. The highest BCUT2D eigenvalue weighted by Crippen LogP contribution is 2.33. The van der Waals surface area contributed by atoms with Crippen LogP contribution in [0, 0.1) is 10.1 Å². The van der Waals surface area contributed by atoms with Crippen molar-refractivity contribution in [2.75, 3.05) is 0 Å². The van der Waals surface area contributed by atoms with Gasteiger partial charge in [-0.15, -0.1) is 0 Å². The number of nitro groups is 1. The minimum Gasteiger partial charge on any atom is -0.449 e. The van der Waals surface area contributed by atoms with Crippen molar-refractivity contribution in [2.45, 2.75) is 6.92 Å². The maximum atomic E-state index is 11.3. The number of ketones is 1. The third-order valence-electron chi connectivity index (χ3n) is 2.93. The van der Waals surface area contributed by atoms with Gasteiger partial charge in [0.15, 0.2) is 5.78 Å². The summed E-state index contributed by atoms with van der Waals surface area (Å²) >= 11 is 0. The Bertz CT molecular complexity index is 770. The first kappa shape index (κ1) is 15.2. The number of carbonyl (C=O) groups excluding carboxylic acids is 2. The van der Waals surface area contributed by atoms with Gasteiger partial charge in [-0.05, 0) is 31.2 Å². The van der Waals surface area contributed by atoms with Crippen LogP contribution in [-0.2, 0) is 0 Å². The molecule has 0 unspecified atom stereocenters. The number of hydrogen-bond acceptors (Lipinski definition) is 5. The molecule has 2 aromatic rings. The third kappa shape index (κ3) is 3.09. The Labute approximate surface area is 125 Å². The smallest absolute Gasteiger partial charge is 0.312 e. The summed E-state index contributed by atoms with van der Waals surface area (Å²) in [6.07, 6.45) is 0. The zero-order valence-electron chi connectivity index (χ0n) is 11.6. The van der Waals surface area contributed by atoms with Gasteiger partial charge in [0, 0.05) is 11.6 Å². The zero-order valence-corrected chi connectivity index (χ0v) is 11.6. The molecule has 22 heavy (non-hydrogen) atoms. The molecular weight excluding hydrogens is 288 g/mol. The lowest BCUT2D eigenvalue weighted by molar-refractivity contribution is -0.385. The van der Waals surface area contributed by atoms with Crippen LogP contribution in [0.2, 0.25) is 0 Å². The third-order valence-corrected chi connectivity index (χ3v) is 2.93. The van der Waals surface area contributed by atoms with Crippen molar-refractivity contribution in [1.82, 2.24) is 0 Å². The van der Waals surface area contributed by atoms with E-state index in [9.17, 15) is 19.7 Å². The van der Waals surface area contributed by atoms with Crippen molar-refractivity contribution in [3.8, 4) is 11.5 Å². The molecule has 0 heterocycles. The molecule has 0 fully saturated rings. The average molecular weight is 300 g/mol. The fourth-order valence-electron chi connectivity index (χ4n) is 1.84. The Morgan fingerprint density at radius 2 is 1.82 bits per heavy atom. The van der Waals surface area contributed by atoms with Crippen molar-refractivity contribution < 1.29 is 19.2 Å². The Balaban J connectivity index is 2.48. The lowest BCUT2D eigenvalue weighted by Gasteiger charge is -2.09. The summed E-state index contributed by atoms with van der Waals surface area (Å²) in [5, 5.41) is 11.1. The molecule has 112 valence electrons. The van der Waals surface area contributed by atoms with Crippen LogP contribution in [0.5, 0.6) is 11.5 Å². The molecular formula is C15H12N2O5. The molecule has 0 bridgehead atoms. The van der Waals surface area contributed by atoms with Crippen LogP contribution >= 0.6 is 0 Å². The number of ether oxygens (including phenoxy) is 1. The normalized spacial score (nSPS) is 10.0. The summed E-state index contributed by atoms with van der Waals surface area (Å²) in [4.78, 5) is 33.1. The molecule has 0 atom stereocenters. The zero-order chi connectivity index (χ0) is 16.3. The van der Waals surface area contributed by atoms with E-state index >= 15 is 0 Å². The fraction of sp³-hybridized carbons (Fsp3) is 0.0667. The molecule has 0 radical (unpaired) electrons. The maximum Gasteiger partial charge on any atom is 0.312 e. The number of primary amides is 1. The largest absolute Gasteiger partial charge is 0.449 e. The molecule has 0 saturated heterocycles. The molecule has 0 aromatic heterocycles. The molecule has 0 spiro atoms. The van der Waals surface area contributed by atoms with E-state index in [0.29, 0.717) is 0 Å². The monoisotopic (exact) mass is 300 g/mol. The van der Waals surface area contributed by atoms with E-state index in [-0.39, 0.29) is 34.1 Å². The Morgan fingerprint density at radius 1 is 1.14 bits per heavy atom. The highest BCUT2D eigenvalue weighted by atomic mass is 16.6. The van der Waals surface area contributed by atoms with E-state index in [0.717, 1.165) is 6.07 Å². The van der Waals surface area contributed by atoms with Gasteiger partial charge in [0.05, 0.1) is 10.5 Å².